The summed E-state index contributed by atoms with van der Waals surface area (Å²) in [6.07, 6.45) is 1.80. The molecular formula is C19H22N4O4S. The Morgan fingerprint density at radius 1 is 1.36 bits per heavy atom. The molecule has 1 aromatic carbocycles. The topological polar surface area (TPSA) is 89.6 Å². The molecule has 9 heteroatoms. The van der Waals surface area contributed by atoms with E-state index in [1.807, 2.05) is 30.2 Å². The van der Waals surface area contributed by atoms with E-state index in [2.05, 4.69) is 15.0 Å². The summed E-state index contributed by atoms with van der Waals surface area (Å²) in [5.74, 6) is 1.78. The number of rotatable bonds is 7. The Labute approximate surface area is 165 Å². The molecule has 8 nitrogen and oxygen atoms in total. The molecule has 0 radical (unpaired) electrons. The number of imidazole rings is 1. The fourth-order valence-electron chi connectivity index (χ4n) is 3.13. The summed E-state index contributed by atoms with van der Waals surface area (Å²) >= 11 is 0. The van der Waals surface area contributed by atoms with E-state index in [0.717, 1.165) is 39.4 Å². The van der Waals surface area contributed by atoms with Gasteiger partial charge in [0, 0.05) is 30.5 Å². The smallest absolute Gasteiger partial charge is 0.197 e. The standard InChI is InChI=1S/C19H22N4O4S/c1-12-17(20-9-13-10-23(6-7-25-2)27-18(12)13)11-28(24)19-21-15-5-4-14(26-3)8-16(15)22-19/h4-5,8-9H,6-7,10-11H2,1-3H3,(H,21,22). The van der Waals surface area contributed by atoms with Gasteiger partial charge < -0.3 is 19.3 Å². The molecule has 4 rings (SSSR count). The maximum absolute atomic E-state index is 12.9. The molecule has 3 heterocycles. The van der Waals surface area contributed by atoms with E-state index in [9.17, 15) is 4.21 Å². The molecule has 0 spiro atoms. The Morgan fingerprint density at radius 3 is 3.00 bits per heavy atom. The van der Waals surface area contributed by atoms with Gasteiger partial charge in [-0.05, 0) is 19.1 Å². The highest BCUT2D eigenvalue weighted by molar-refractivity contribution is 7.84. The number of benzene rings is 1. The lowest BCUT2D eigenvalue weighted by Crippen LogP contribution is -2.25. The largest absolute Gasteiger partial charge is 0.497 e. The number of hydrogen-bond acceptors (Lipinski definition) is 7. The average molecular weight is 402 g/mol. The van der Waals surface area contributed by atoms with E-state index in [-0.39, 0.29) is 5.75 Å². The van der Waals surface area contributed by atoms with E-state index >= 15 is 0 Å². The van der Waals surface area contributed by atoms with Crippen LogP contribution in [0.2, 0.25) is 0 Å². The summed E-state index contributed by atoms with van der Waals surface area (Å²) in [6.45, 7) is 3.88. The molecule has 0 fully saturated rings. The molecule has 28 heavy (non-hydrogen) atoms. The highest BCUT2D eigenvalue weighted by Gasteiger charge is 2.25. The van der Waals surface area contributed by atoms with Crippen molar-refractivity contribution in [2.24, 2.45) is 0 Å². The second-order valence-corrected chi connectivity index (χ2v) is 7.91. The van der Waals surface area contributed by atoms with Gasteiger partial charge in [-0.2, -0.15) is 0 Å². The molecule has 0 bridgehead atoms. The van der Waals surface area contributed by atoms with Crippen LogP contribution in [0.3, 0.4) is 0 Å². The van der Waals surface area contributed by atoms with Gasteiger partial charge in [0.05, 0.1) is 60.1 Å². The molecule has 0 amide bonds. The Morgan fingerprint density at radius 2 is 2.21 bits per heavy atom. The number of methoxy groups -OCH3 is 2. The molecule has 1 N–H and O–H groups in total. The van der Waals surface area contributed by atoms with E-state index in [1.165, 1.54) is 0 Å². The Bertz CT molecular complexity index is 1040. The highest BCUT2D eigenvalue weighted by atomic mass is 32.2. The van der Waals surface area contributed by atoms with Crippen LogP contribution in [0.5, 0.6) is 11.5 Å². The molecule has 1 aliphatic rings. The third-order valence-electron chi connectivity index (χ3n) is 4.70. The van der Waals surface area contributed by atoms with Gasteiger partial charge in [-0.1, -0.05) is 0 Å². The third kappa shape index (κ3) is 3.60. The van der Waals surface area contributed by atoms with Crippen molar-refractivity contribution in [1.29, 1.82) is 0 Å². The minimum absolute atomic E-state index is 0.261. The average Bonchev–Trinajstić information content (AvgIpc) is 3.32. The van der Waals surface area contributed by atoms with Crippen molar-refractivity contribution in [3.05, 3.63) is 41.2 Å². The van der Waals surface area contributed by atoms with Crippen LogP contribution in [-0.4, -0.2) is 51.6 Å². The van der Waals surface area contributed by atoms with Gasteiger partial charge in [-0.25, -0.2) is 4.98 Å². The first-order chi connectivity index (χ1) is 13.6. The molecule has 3 aromatic rings. The number of pyridine rings is 1. The van der Waals surface area contributed by atoms with Crippen molar-refractivity contribution in [2.75, 3.05) is 27.4 Å². The van der Waals surface area contributed by atoms with Crippen LogP contribution in [0.15, 0.2) is 29.6 Å². The van der Waals surface area contributed by atoms with Crippen LogP contribution in [0, 0.1) is 6.92 Å². The lowest BCUT2D eigenvalue weighted by Gasteiger charge is -2.14. The number of nitrogens with zero attached hydrogens (tertiary/aromatic N) is 3. The fraction of sp³-hybridized carbons (Fsp3) is 0.368. The molecule has 1 atom stereocenters. The zero-order valence-electron chi connectivity index (χ0n) is 16.0. The summed E-state index contributed by atoms with van der Waals surface area (Å²) in [5, 5.41) is 2.27. The minimum Gasteiger partial charge on any atom is -0.497 e. The SMILES string of the molecule is COCCN1Cc2cnc(CS(=O)c3nc4ccc(OC)cc4[nH]3)c(C)c2O1. The quantitative estimate of drug-likeness (QED) is 0.649. The lowest BCUT2D eigenvalue weighted by atomic mass is 10.1. The second kappa shape index (κ2) is 7.86. The Balaban J connectivity index is 1.53. The minimum atomic E-state index is -1.36. The number of hydrogen-bond donors (Lipinski definition) is 1. The first-order valence-corrected chi connectivity index (χ1v) is 10.2. The maximum atomic E-state index is 12.9. The molecule has 2 aromatic heterocycles. The number of H-pyrrole nitrogens is 1. The predicted molar refractivity (Wildman–Crippen MR) is 105 cm³/mol. The molecule has 1 unspecified atom stereocenters. The summed E-state index contributed by atoms with van der Waals surface area (Å²) in [4.78, 5) is 18.0. The number of nitrogens with one attached hydrogen (secondary N) is 1. The van der Waals surface area contributed by atoms with Crippen molar-refractivity contribution in [3.63, 3.8) is 0 Å². The van der Waals surface area contributed by atoms with Gasteiger partial charge in [0.15, 0.2) is 10.9 Å². The fourth-order valence-corrected chi connectivity index (χ4v) is 4.23. The van der Waals surface area contributed by atoms with Crippen LogP contribution in [0.1, 0.15) is 16.8 Å². The number of fused-ring (bicyclic) bond motifs is 2. The van der Waals surface area contributed by atoms with Crippen LogP contribution < -0.4 is 9.57 Å². The summed E-state index contributed by atoms with van der Waals surface area (Å²) in [7, 11) is 1.92. The Hall–Kier alpha value is -2.49. The van der Waals surface area contributed by atoms with Crippen LogP contribution in [-0.2, 0) is 27.8 Å². The molecular weight excluding hydrogens is 380 g/mol. The zero-order valence-corrected chi connectivity index (χ0v) is 16.8. The van der Waals surface area contributed by atoms with E-state index in [4.69, 9.17) is 14.3 Å². The van der Waals surface area contributed by atoms with Crippen molar-refractivity contribution < 1.29 is 18.5 Å². The first-order valence-electron chi connectivity index (χ1n) is 8.90. The number of aromatic amines is 1. The number of aromatic nitrogens is 3. The van der Waals surface area contributed by atoms with Gasteiger partial charge in [-0.15, -0.1) is 5.06 Å². The molecule has 1 aliphatic heterocycles. The predicted octanol–water partition coefficient (Wildman–Crippen LogP) is 2.34. The van der Waals surface area contributed by atoms with Crippen molar-refractivity contribution in [3.8, 4) is 11.5 Å². The number of hydroxylamine groups is 2. The van der Waals surface area contributed by atoms with Gasteiger partial charge in [0.25, 0.3) is 0 Å². The first kappa shape index (κ1) is 18.9. The molecule has 0 saturated carbocycles. The van der Waals surface area contributed by atoms with E-state index in [0.29, 0.717) is 24.9 Å². The normalized spacial score (nSPS) is 14.8. The molecule has 0 saturated heterocycles. The Kier molecular flexibility index (Phi) is 5.29. The van der Waals surface area contributed by atoms with E-state index in [1.54, 1.807) is 20.4 Å². The maximum Gasteiger partial charge on any atom is 0.197 e. The van der Waals surface area contributed by atoms with Crippen molar-refractivity contribution in [2.45, 2.75) is 24.4 Å². The van der Waals surface area contributed by atoms with Crippen molar-refractivity contribution in [1.82, 2.24) is 20.0 Å². The van der Waals surface area contributed by atoms with Gasteiger partial charge in [0.2, 0.25) is 0 Å². The molecule has 148 valence electrons. The monoisotopic (exact) mass is 402 g/mol. The van der Waals surface area contributed by atoms with E-state index < -0.39 is 10.8 Å². The highest BCUT2D eigenvalue weighted by Crippen LogP contribution is 2.33. The van der Waals surface area contributed by atoms with Crippen LogP contribution in [0.4, 0.5) is 0 Å². The lowest BCUT2D eigenvalue weighted by molar-refractivity contribution is -0.0572. The van der Waals surface area contributed by atoms with Gasteiger partial charge in [0.1, 0.15) is 5.75 Å². The van der Waals surface area contributed by atoms with Crippen LogP contribution >= 0.6 is 0 Å². The van der Waals surface area contributed by atoms with Crippen LogP contribution in [0.25, 0.3) is 11.0 Å². The van der Waals surface area contributed by atoms with Crippen molar-refractivity contribution >= 4 is 21.8 Å². The van der Waals surface area contributed by atoms with Gasteiger partial charge in [-0.3, -0.25) is 9.19 Å². The zero-order chi connectivity index (χ0) is 19.7. The second-order valence-electron chi connectivity index (χ2n) is 6.55. The summed E-state index contributed by atoms with van der Waals surface area (Å²) in [5.41, 5.74) is 4.21. The number of ether oxygens (including phenoxy) is 2. The third-order valence-corrected chi connectivity index (χ3v) is 5.86. The molecule has 0 aliphatic carbocycles. The van der Waals surface area contributed by atoms with Gasteiger partial charge >= 0.3 is 0 Å². The summed E-state index contributed by atoms with van der Waals surface area (Å²) < 4.78 is 23.2. The summed E-state index contributed by atoms with van der Waals surface area (Å²) in [6, 6.07) is 5.51.